The summed E-state index contributed by atoms with van der Waals surface area (Å²) in [6.45, 7) is 3.81. The molecule has 1 aromatic heterocycles. The Bertz CT molecular complexity index is 1130. The molecular formula is C22H23N5O4S. The van der Waals surface area contributed by atoms with Gasteiger partial charge < -0.3 is 24.7 Å². The van der Waals surface area contributed by atoms with Crippen molar-refractivity contribution >= 4 is 29.3 Å². The second-order valence-corrected chi connectivity index (χ2v) is 8.59. The first-order chi connectivity index (χ1) is 15.4. The summed E-state index contributed by atoms with van der Waals surface area (Å²) in [7, 11) is 1.81. The van der Waals surface area contributed by atoms with Gasteiger partial charge in [0.15, 0.2) is 22.5 Å². The molecule has 2 amide bonds. The number of ether oxygens (including phenoxy) is 2. The molecule has 10 heteroatoms. The maximum atomic E-state index is 12.7. The molecule has 2 aromatic carbocycles. The molecule has 2 atom stereocenters. The van der Waals surface area contributed by atoms with E-state index in [0.717, 1.165) is 0 Å². The van der Waals surface area contributed by atoms with E-state index in [-0.39, 0.29) is 24.6 Å². The van der Waals surface area contributed by atoms with Gasteiger partial charge in [-0.2, -0.15) is 0 Å². The fourth-order valence-corrected chi connectivity index (χ4v) is 3.99. The smallest absolute Gasteiger partial charge is 0.251 e. The van der Waals surface area contributed by atoms with E-state index >= 15 is 0 Å². The summed E-state index contributed by atoms with van der Waals surface area (Å²) in [5.74, 6) is 1.49. The highest BCUT2D eigenvalue weighted by atomic mass is 32.2. The Morgan fingerprint density at radius 3 is 2.59 bits per heavy atom. The van der Waals surface area contributed by atoms with Gasteiger partial charge in [0.1, 0.15) is 0 Å². The Kier molecular flexibility index (Phi) is 6.31. The number of rotatable bonds is 7. The van der Waals surface area contributed by atoms with Crippen LogP contribution in [0.4, 0.5) is 5.69 Å². The molecular weight excluding hydrogens is 430 g/mol. The number of fused-ring (bicyclic) bond motifs is 1. The van der Waals surface area contributed by atoms with Gasteiger partial charge in [-0.05, 0) is 38.1 Å². The normalized spacial score (nSPS) is 14.0. The Labute approximate surface area is 189 Å². The third-order valence-electron chi connectivity index (χ3n) is 4.93. The highest BCUT2D eigenvalue weighted by molar-refractivity contribution is 8.00. The Balaban J connectivity index is 1.37. The maximum absolute atomic E-state index is 12.7. The number of benzene rings is 2. The molecule has 0 spiro atoms. The zero-order chi connectivity index (χ0) is 22.7. The van der Waals surface area contributed by atoms with E-state index in [1.165, 1.54) is 11.8 Å². The van der Waals surface area contributed by atoms with Gasteiger partial charge in [-0.15, -0.1) is 10.2 Å². The molecule has 1 aliphatic rings. The first kappa shape index (κ1) is 21.7. The SMILES string of the molecule is CC(Sc1nnc(C(C)NC(=O)c2ccccc2)n1C)C(=O)Nc1ccc2c(c1)OCO2. The molecule has 32 heavy (non-hydrogen) atoms. The largest absolute Gasteiger partial charge is 0.454 e. The van der Waals surface area contributed by atoms with E-state index in [4.69, 9.17) is 9.47 Å². The van der Waals surface area contributed by atoms with Gasteiger partial charge in [-0.25, -0.2) is 0 Å². The Morgan fingerprint density at radius 2 is 1.81 bits per heavy atom. The van der Waals surface area contributed by atoms with E-state index in [9.17, 15) is 9.59 Å². The zero-order valence-corrected chi connectivity index (χ0v) is 18.7. The number of carbonyl (C=O) groups is 2. The predicted molar refractivity (Wildman–Crippen MR) is 120 cm³/mol. The third-order valence-corrected chi connectivity index (χ3v) is 6.06. The van der Waals surface area contributed by atoms with Crippen LogP contribution in [-0.4, -0.2) is 38.6 Å². The minimum Gasteiger partial charge on any atom is -0.454 e. The lowest BCUT2D eigenvalue weighted by Gasteiger charge is -2.15. The lowest BCUT2D eigenvalue weighted by molar-refractivity contribution is -0.115. The molecule has 2 unspecified atom stereocenters. The van der Waals surface area contributed by atoms with Gasteiger partial charge >= 0.3 is 0 Å². The van der Waals surface area contributed by atoms with E-state index in [2.05, 4.69) is 20.8 Å². The second-order valence-electron chi connectivity index (χ2n) is 7.28. The summed E-state index contributed by atoms with van der Waals surface area (Å²) in [6, 6.07) is 13.9. The summed E-state index contributed by atoms with van der Waals surface area (Å²) in [5.41, 5.74) is 1.20. The van der Waals surface area contributed by atoms with E-state index < -0.39 is 5.25 Å². The maximum Gasteiger partial charge on any atom is 0.251 e. The van der Waals surface area contributed by atoms with E-state index in [1.807, 2.05) is 32.2 Å². The molecule has 0 radical (unpaired) electrons. The van der Waals surface area contributed by atoms with Crippen molar-refractivity contribution in [3.63, 3.8) is 0 Å². The summed E-state index contributed by atoms with van der Waals surface area (Å²) >= 11 is 1.29. The number of carbonyl (C=O) groups excluding carboxylic acids is 2. The predicted octanol–water partition coefficient (Wildman–Crippen LogP) is 3.15. The standard InChI is InChI=1S/C22H23N5O4S/c1-13(23-21(29)15-7-5-4-6-8-15)19-25-26-22(27(19)3)32-14(2)20(28)24-16-9-10-17-18(11-16)31-12-30-17/h4-11,13-14H,12H2,1-3H3,(H,23,29)(H,24,28). The van der Waals surface area contributed by atoms with Crippen molar-refractivity contribution < 1.29 is 19.1 Å². The first-order valence-electron chi connectivity index (χ1n) is 10.0. The fourth-order valence-electron chi connectivity index (χ4n) is 3.17. The van der Waals surface area contributed by atoms with Crippen molar-refractivity contribution in [2.45, 2.75) is 30.3 Å². The fraction of sp³-hybridized carbons (Fsp3) is 0.273. The number of nitrogens with zero attached hydrogens (tertiary/aromatic N) is 3. The van der Waals surface area contributed by atoms with Crippen LogP contribution in [-0.2, 0) is 11.8 Å². The minimum atomic E-state index is -0.426. The van der Waals surface area contributed by atoms with Crippen LogP contribution in [0, 0.1) is 0 Å². The van der Waals surface area contributed by atoms with Gasteiger partial charge in [-0.1, -0.05) is 30.0 Å². The Hall–Kier alpha value is -3.53. The molecule has 2 N–H and O–H groups in total. The van der Waals surface area contributed by atoms with Gasteiger partial charge in [0, 0.05) is 24.4 Å². The van der Waals surface area contributed by atoms with Crippen molar-refractivity contribution in [3.8, 4) is 11.5 Å². The van der Waals surface area contributed by atoms with E-state index in [1.54, 1.807) is 41.8 Å². The second kappa shape index (κ2) is 9.31. The van der Waals surface area contributed by atoms with Gasteiger partial charge in [0.05, 0.1) is 11.3 Å². The molecule has 1 aliphatic heterocycles. The van der Waals surface area contributed by atoms with Crippen LogP contribution in [0.1, 0.15) is 36.1 Å². The summed E-state index contributed by atoms with van der Waals surface area (Å²) in [6.07, 6.45) is 0. The molecule has 3 aromatic rings. The molecule has 0 aliphatic carbocycles. The average Bonchev–Trinajstić information content (AvgIpc) is 3.40. The van der Waals surface area contributed by atoms with Crippen molar-refractivity contribution in [3.05, 3.63) is 59.9 Å². The molecule has 2 heterocycles. The van der Waals surface area contributed by atoms with Crippen LogP contribution >= 0.6 is 11.8 Å². The lowest BCUT2D eigenvalue weighted by atomic mass is 10.2. The van der Waals surface area contributed by atoms with Crippen LogP contribution in [0.2, 0.25) is 0 Å². The number of thioether (sulfide) groups is 1. The average molecular weight is 454 g/mol. The minimum absolute atomic E-state index is 0.177. The third kappa shape index (κ3) is 4.70. The van der Waals surface area contributed by atoms with Crippen molar-refractivity contribution in [1.82, 2.24) is 20.1 Å². The Morgan fingerprint density at radius 1 is 1.06 bits per heavy atom. The van der Waals surface area contributed by atoms with Crippen molar-refractivity contribution in [2.75, 3.05) is 12.1 Å². The monoisotopic (exact) mass is 453 g/mol. The highest BCUT2D eigenvalue weighted by Crippen LogP contribution is 2.34. The molecule has 4 rings (SSSR count). The number of nitrogens with one attached hydrogen (secondary N) is 2. The van der Waals surface area contributed by atoms with Crippen LogP contribution in [0.5, 0.6) is 11.5 Å². The lowest BCUT2D eigenvalue weighted by Crippen LogP contribution is -2.28. The van der Waals surface area contributed by atoms with Gasteiger partial charge in [0.2, 0.25) is 12.7 Å². The quantitative estimate of drug-likeness (QED) is 0.529. The topological polar surface area (TPSA) is 107 Å². The number of amides is 2. The van der Waals surface area contributed by atoms with Crippen LogP contribution in [0.25, 0.3) is 0 Å². The number of aromatic nitrogens is 3. The number of anilines is 1. The van der Waals surface area contributed by atoms with Gasteiger partial charge in [-0.3, -0.25) is 9.59 Å². The molecule has 9 nitrogen and oxygen atoms in total. The molecule has 166 valence electrons. The van der Waals surface area contributed by atoms with E-state index in [0.29, 0.717) is 33.7 Å². The first-order valence-corrected chi connectivity index (χ1v) is 10.9. The molecule has 0 saturated heterocycles. The van der Waals surface area contributed by atoms with Crippen LogP contribution in [0.15, 0.2) is 53.7 Å². The van der Waals surface area contributed by atoms with Gasteiger partial charge in [0.25, 0.3) is 5.91 Å². The number of hydrogen-bond donors (Lipinski definition) is 2. The van der Waals surface area contributed by atoms with Crippen LogP contribution in [0.3, 0.4) is 0 Å². The summed E-state index contributed by atoms with van der Waals surface area (Å²) < 4.78 is 12.4. The van der Waals surface area contributed by atoms with Crippen molar-refractivity contribution in [2.24, 2.45) is 7.05 Å². The molecule has 0 bridgehead atoms. The highest BCUT2D eigenvalue weighted by Gasteiger charge is 2.23. The molecule has 0 fully saturated rings. The van der Waals surface area contributed by atoms with Crippen LogP contribution < -0.4 is 20.1 Å². The van der Waals surface area contributed by atoms with Crippen molar-refractivity contribution in [1.29, 1.82) is 0 Å². The zero-order valence-electron chi connectivity index (χ0n) is 17.9. The summed E-state index contributed by atoms with van der Waals surface area (Å²) in [4.78, 5) is 25.1. The number of hydrogen-bond acceptors (Lipinski definition) is 7. The summed E-state index contributed by atoms with van der Waals surface area (Å²) in [5, 5.41) is 14.4. The molecule has 0 saturated carbocycles.